The molecule has 1 atom stereocenters. The third-order valence-corrected chi connectivity index (χ3v) is 5.47. The summed E-state index contributed by atoms with van der Waals surface area (Å²) in [5, 5.41) is 5.50. The first-order valence-electron chi connectivity index (χ1n) is 9.88. The van der Waals surface area contributed by atoms with Gasteiger partial charge in [-0.2, -0.15) is 0 Å². The van der Waals surface area contributed by atoms with Crippen LogP contribution in [0, 0.1) is 0 Å². The summed E-state index contributed by atoms with van der Waals surface area (Å²) < 4.78 is 40.7. The molecule has 2 aliphatic rings. The second kappa shape index (κ2) is 8.53. The molecule has 4 amide bonds. The highest BCUT2D eigenvalue weighted by atomic mass is 19.4. The molecule has 1 unspecified atom stereocenters. The van der Waals surface area contributed by atoms with E-state index in [9.17, 15) is 27.6 Å². The highest BCUT2D eigenvalue weighted by Gasteiger charge is 2.49. The molecular weight excluding hydrogens is 403 g/mol. The highest BCUT2D eigenvalue weighted by molar-refractivity contribution is 6.07. The van der Waals surface area contributed by atoms with Gasteiger partial charge in [-0.3, -0.25) is 14.5 Å². The Hall–Kier alpha value is -2.78. The number of benzene rings is 1. The zero-order valence-corrected chi connectivity index (χ0v) is 16.6. The molecule has 1 aromatic carbocycles. The van der Waals surface area contributed by atoms with Gasteiger partial charge in [0, 0.05) is 19.0 Å². The number of urea groups is 1. The number of nitrogens with one attached hydrogen (secondary N) is 2. The molecule has 0 spiro atoms. The Morgan fingerprint density at radius 2 is 1.83 bits per heavy atom. The summed E-state index contributed by atoms with van der Waals surface area (Å²) in [5.41, 5.74) is -1.13. The van der Waals surface area contributed by atoms with E-state index >= 15 is 0 Å². The Balaban J connectivity index is 1.61. The van der Waals surface area contributed by atoms with Crippen molar-refractivity contribution < 1.29 is 32.3 Å². The maximum Gasteiger partial charge on any atom is 0.573 e. The topological polar surface area (TPSA) is 87.7 Å². The summed E-state index contributed by atoms with van der Waals surface area (Å²) >= 11 is 0. The van der Waals surface area contributed by atoms with Crippen LogP contribution in [0.5, 0.6) is 5.75 Å². The van der Waals surface area contributed by atoms with Crippen LogP contribution in [0.4, 0.5) is 18.0 Å². The van der Waals surface area contributed by atoms with Gasteiger partial charge < -0.3 is 15.4 Å². The van der Waals surface area contributed by atoms with Crippen LogP contribution in [-0.4, -0.2) is 41.7 Å². The second-order valence-corrected chi connectivity index (χ2v) is 7.74. The second-order valence-electron chi connectivity index (χ2n) is 7.74. The van der Waals surface area contributed by atoms with E-state index in [1.165, 1.54) is 19.1 Å². The van der Waals surface area contributed by atoms with Crippen molar-refractivity contribution in [3.05, 3.63) is 29.8 Å². The predicted molar refractivity (Wildman–Crippen MR) is 100 cm³/mol. The van der Waals surface area contributed by atoms with E-state index in [2.05, 4.69) is 15.4 Å². The first-order valence-corrected chi connectivity index (χ1v) is 9.88. The standard InChI is InChI=1S/C20H24F3N3O4/c1-19(13-7-9-15(10-8-13)30-20(21,22)23)17(28)26(18(29)25-19)12-11-16(27)24-14-5-3-2-4-6-14/h7-10,14H,2-6,11-12H2,1H3,(H,24,27)(H,25,29). The normalized spacial score (nSPS) is 22.7. The van der Waals surface area contributed by atoms with Crippen molar-refractivity contribution in [3.63, 3.8) is 0 Å². The third kappa shape index (κ3) is 5.03. The Labute approximate surface area is 171 Å². The number of amides is 4. The number of rotatable bonds is 6. The summed E-state index contributed by atoms with van der Waals surface area (Å²) in [4.78, 5) is 38.3. The molecule has 10 heteroatoms. The smallest absolute Gasteiger partial charge is 0.406 e. The SMILES string of the molecule is CC1(c2ccc(OC(F)(F)F)cc2)NC(=O)N(CCC(=O)NC2CCCCC2)C1=O. The molecule has 1 heterocycles. The summed E-state index contributed by atoms with van der Waals surface area (Å²) in [6.07, 6.45) is 0.340. The van der Waals surface area contributed by atoms with Crippen LogP contribution in [0.15, 0.2) is 24.3 Å². The van der Waals surface area contributed by atoms with Crippen molar-refractivity contribution in [2.24, 2.45) is 0 Å². The van der Waals surface area contributed by atoms with Crippen LogP contribution in [0.3, 0.4) is 0 Å². The molecule has 1 aromatic rings. The Morgan fingerprint density at radius 1 is 1.20 bits per heavy atom. The largest absolute Gasteiger partial charge is 0.573 e. The van der Waals surface area contributed by atoms with Crippen molar-refractivity contribution in [2.75, 3.05) is 6.54 Å². The predicted octanol–water partition coefficient (Wildman–Crippen LogP) is 3.19. The number of halogens is 3. The maximum atomic E-state index is 12.9. The minimum atomic E-state index is -4.82. The zero-order valence-electron chi connectivity index (χ0n) is 16.6. The summed E-state index contributed by atoms with van der Waals surface area (Å²) in [6.45, 7) is 1.39. The number of nitrogens with zero attached hydrogens (tertiary/aromatic N) is 1. The maximum absolute atomic E-state index is 12.9. The molecule has 164 valence electrons. The zero-order chi connectivity index (χ0) is 21.9. The number of carbonyl (C=O) groups excluding carboxylic acids is 3. The van der Waals surface area contributed by atoms with Crippen molar-refractivity contribution in [1.82, 2.24) is 15.5 Å². The molecule has 0 radical (unpaired) electrons. The number of hydrogen-bond acceptors (Lipinski definition) is 4. The third-order valence-electron chi connectivity index (χ3n) is 5.47. The van der Waals surface area contributed by atoms with E-state index in [0.29, 0.717) is 5.56 Å². The monoisotopic (exact) mass is 427 g/mol. The molecule has 1 saturated carbocycles. The van der Waals surface area contributed by atoms with Gasteiger partial charge in [-0.05, 0) is 37.5 Å². The Kier molecular flexibility index (Phi) is 6.23. The lowest BCUT2D eigenvalue weighted by atomic mass is 9.92. The van der Waals surface area contributed by atoms with Crippen molar-refractivity contribution >= 4 is 17.8 Å². The average molecular weight is 427 g/mol. The van der Waals surface area contributed by atoms with E-state index in [1.807, 2.05) is 0 Å². The highest BCUT2D eigenvalue weighted by Crippen LogP contribution is 2.31. The molecule has 7 nitrogen and oxygen atoms in total. The van der Waals surface area contributed by atoms with Gasteiger partial charge in [0.15, 0.2) is 0 Å². The summed E-state index contributed by atoms with van der Waals surface area (Å²) in [5.74, 6) is -1.21. The molecule has 0 aromatic heterocycles. The van der Waals surface area contributed by atoms with Crippen molar-refractivity contribution in [3.8, 4) is 5.75 Å². The lowest BCUT2D eigenvalue weighted by Crippen LogP contribution is -2.42. The molecule has 30 heavy (non-hydrogen) atoms. The van der Waals surface area contributed by atoms with Crippen LogP contribution < -0.4 is 15.4 Å². The average Bonchev–Trinajstić information content (AvgIpc) is 2.89. The van der Waals surface area contributed by atoms with Gasteiger partial charge in [-0.15, -0.1) is 13.2 Å². The van der Waals surface area contributed by atoms with Gasteiger partial charge in [0.2, 0.25) is 5.91 Å². The first kappa shape index (κ1) is 21.9. The van der Waals surface area contributed by atoms with Crippen LogP contribution in [-0.2, 0) is 15.1 Å². The van der Waals surface area contributed by atoms with Crippen LogP contribution in [0.2, 0.25) is 0 Å². The molecule has 3 rings (SSSR count). The molecule has 2 fully saturated rings. The summed E-state index contributed by atoms with van der Waals surface area (Å²) in [6, 6.07) is 4.22. The van der Waals surface area contributed by atoms with Gasteiger partial charge in [0.05, 0.1) is 0 Å². The van der Waals surface area contributed by atoms with Gasteiger partial charge >= 0.3 is 12.4 Å². The van der Waals surface area contributed by atoms with Gasteiger partial charge in [-0.1, -0.05) is 31.4 Å². The van der Waals surface area contributed by atoms with Crippen LogP contribution >= 0.6 is 0 Å². The summed E-state index contributed by atoms with van der Waals surface area (Å²) in [7, 11) is 0. The van der Waals surface area contributed by atoms with E-state index in [4.69, 9.17) is 0 Å². The minimum absolute atomic E-state index is 0.00982. The fraction of sp³-hybridized carbons (Fsp3) is 0.550. The van der Waals surface area contributed by atoms with Crippen LogP contribution in [0.25, 0.3) is 0 Å². The number of ether oxygens (including phenoxy) is 1. The number of alkyl halides is 3. The minimum Gasteiger partial charge on any atom is -0.406 e. The van der Waals surface area contributed by atoms with Crippen molar-refractivity contribution in [1.29, 1.82) is 0 Å². The molecule has 2 N–H and O–H groups in total. The lowest BCUT2D eigenvalue weighted by molar-refractivity contribution is -0.274. The fourth-order valence-electron chi connectivity index (χ4n) is 3.85. The molecular formula is C20H24F3N3O4. The van der Waals surface area contributed by atoms with E-state index < -0.39 is 29.6 Å². The quantitative estimate of drug-likeness (QED) is 0.683. The lowest BCUT2D eigenvalue weighted by Gasteiger charge is -2.24. The first-order chi connectivity index (χ1) is 14.1. The van der Waals surface area contributed by atoms with E-state index in [0.717, 1.165) is 49.1 Å². The molecule has 1 aliphatic carbocycles. The number of hydrogen-bond donors (Lipinski definition) is 2. The Bertz CT molecular complexity index is 807. The number of imide groups is 1. The molecule has 1 aliphatic heterocycles. The fourth-order valence-corrected chi connectivity index (χ4v) is 3.85. The van der Waals surface area contributed by atoms with Gasteiger partial charge in [0.25, 0.3) is 5.91 Å². The number of carbonyl (C=O) groups is 3. The van der Waals surface area contributed by atoms with E-state index in [-0.39, 0.29) is 24.9 Å². The molecule has 1 saturated heterocycles. The van der Waals surface area contributed by atoms with Gasteiger partial charge in [0.1, 0.15) is 11.3 Å². The van der Waals surface area contributed by atoms with Gasteiger partial charge in [-0.25, -0.2) is 4.79 Å². The van der Waals surface area contributed by atoms with Crippen molar-refractivity contribution in [2.45, 2.75) is 63.4 Å². The molecule has 0 bridgehead atoms. The Morgan fingerprint density at radius 3 is 2.43 bits per heavy atom. The van der Waals surface area contributed by atoms with E-state index in [1.54, 1.807) is 0 Å². The van der Waals surface area contributed by atoms with Crippen LogP contribution in [0.1, 0.15) is 51.0 Å².